The van der Waals surface area contributed by atoms with Gasteiger partial charge >= 0.3 is 5.97 Å². The first-order valence-corrected chi connectivity index (χ1v) is 6.22. The molecule has 1 aromatic rings. The van der Waals surface area contributed by atoms with Crippen molar-refractivity contribution in [2.75, 3.05) is 25.6 Å². The van der Waals surface area contributed by atoms with Crippen molar-refractivity contribution < 1.29 is 19.4 Å². The fraction of sp³-hybridized carbons (Fsp3) is 0.429. The number of anilines is 1. The highest BCUT2D eigenvalue weighted by molar-refractivity contribution is 5.94. The number of amides is 1. The first-order valence-electron chi connectivity index (χ1n) is 6.22. The monoisotopic (exact) mass is 280 g/mol. The molecule has 6 heteroatoms. The van der Waals surface area contributed by atoms with E-state index in [9.17, 15) is 9.59 Å². The third-order valence-corrected chi connectivity index (χ3v) is 2.71. The van der Waals surface area contributed by atoms with Crippen LogP contribution >= 0.6 is 0 Å². The average Bonchev–Trinajstić information content (AvgIpc) is 2.45. The Bertz CT molecular complexity index is 469. The second-order valence-corrected chi connectivity index (χ2v) is 5.01. The molecule has 0 atom stereocenters. The van der Waals surface area contributed by atoms with Gasteiger partial charge in [-0.05, 0) is 38.1 Å². The largest absolute Gasteiger partial charge is 0.465 e. The van der Waals surface area contributed by atoms with E-state index in [0.29, 0.717) is 11.3 Å². The Balaban J connectivity index is 2.52. The number of ether oxygens (including phenoxy) is 1. The van der Waals surface area contributed by atoms with Gasteiger partial charge in [-0.25, -0.2) is 4.79 Å². The highest BCUT2D eigenvalue weighted by atomic mass is 16.5. The van der Waals surface area contributed by atoms with Crippen molar-refractivity contribution >= 4 is 17.6 Å². The van der Waals surface area contributed by atoms with Gasteiger partial charge in [-0.3, -0.25) is 4.79 Å². The molecule has 0 saturated heterocycles. The highest BCUT2D eigenvalue weighted by Crippen LogP contribution is 2.10. The fourth-order valence-electron chi connectivity index (χ4n) is 1.39. The minimum absolute atomic E-state index is 0.0614. The quantitative estimate of drug-likeness (QED) is 0.670. The Morgan fingerprint density at radius 2 is 1.85 bits per heavy atom. The van der Waals surface area contributed by atoms with E-state index in [1.807, 2.05) is 0 Å². The van der Waals surface area contributed by atoms with Gasteiger partial charge in [0.05, 0.1) is 25.8 Å². The van der Waals surface area contributed by atoms with Crippen molar-refractivity contribution in [3.63, 3.8) is 0 Å². The van der Waals surface area contributed by atoms with Gasteiger partial charge in [-0.1, -0.05) is 0 Å². The number of benzene rings is 1. The molecule has 1 amide bonds. The first-order chi connectivity index (χ1) is 9.38. The molecule has 20 heavy (non-hydrogen) atoms. The zero-order chi connectivity index (χ0) is 15.2. The number of hydrogen-bond acceptors (Lipinski definition) is 5. The zero-order valence-corrected chi connectivity index (χ0v) is 11.9. The first kappa shape index (κ1) is 16.1. The fourth-order valence-corrected chi connectivity index (χ4v) is 1.39. The van der Waals surface area contributed by atoms with Crippen molar-refractivity contribution in [1.82, 2.24) is 5.32 Å². The maximum absolute atomic E-state index is 11.7. The summed E-state index contributed by atoms with van der Waals surface area (Å²) in [5.74, 6) is -0.647. The summed E-state index contributed by atoms with van der Waals surface area (Å²) in [4.78, 5) is 23.0. The Morgan fingerprint density at radius 3 is 2.35 bits per heavy atom. The predicted octanol–water partition coefficient (Wildman–Crippen LogP) is 0.772. The van der Waals surface area contributed by atoms with Crippen LogP contribution in [0.1, 0.15) is 24.2 Å². The number of hydrogen-bond donors (Lipinski definition) is 3. The summed E-state index contributed by atoms with van der Waals surface area (Å²) >= 11 is 0. The van der Waals surface area contributed by atoms with Gasteiger partial charge in [0.1, 0.15) is 0 Å². The number of nitrogens with one attached hydrogen (secondary N) is 2. The van der Waals surface area contributed by atoms with E-state index in [2.05, 4.69) is 15.4 Å². The molecule has 0 spiro atoms. The summed E-state index contributed by atoms with van der Waals surface area (Å²) in [6.07, 6.45) is 0. The van der Waals surface area contributed by atoms with Gasteiger partial charge in [0.15, 0.2) is 0 Å². The molecular formula is C14H20N2O4. The van der Waals surface area contributed by atoms with Crippen LogP contribution in [-0.2, 0) is 9.53 Å². The average molecular weight is 280 g/mol. The summed E-state index contributed by atoms with van der Waals surface area (Å²) < 4.78 is 4.59. The van der Waals surface area contributed by atoms with Crippen LogP contribution < -0.4 is 10.6 Å². The van der Waals surface area contributed by atoms with Crippen molar-refractivity contribution in [1.29, 1.82) is 0 Å². The minimum atomic E-state index is -0.508. The van der Waals surface area contributed by atoms with Crippen LogP contribution in [0.25, 0.3) is 0 Å². The molecule has 0 heterocycles. The molecule has 1 aromatic carbocycles. The maximum atomic E-state index is 11.7. The lowest BCUT2D eigenvalue weighted by Gasteiger charge is -2.23. The van der Waals surface area contributed by atoms with E-state index in [0.717, 1.165) is 0 Å². The van der Waals surface area contributed by atoms with Crippen molar-refractivity contribution in [3.05, 3.63) is 29.8 Å². The van der Waals surface area contributed by atoms with Gasteiger partial charge < -0.3 is 20.5 Å². The molecule has 0 fully saturated rings. The van der Waals surface area contributed by atoms with Gasteiger partial charge in [0.25, 0.3) is 0 Å². The Morgan fingerprint density at radius 1 is 1.25 bits per heavy atom. The van der Waals surface area contributed by atoms with E-state index in [-0.39, 0.29) is 19.1 Å². The standard InChI is InChI=1S/C14H20N2O4/c1-14(2,9-17)15-8-12(18)16-11-6-4-10(5-7-11)13(19)20-3/h4-7,15,17H,8-9H2,1-3H3,(H,16,18). The molecule has 3 N–H and O–H groups in total. The molecule has 6 nitrogen and oxygen atoms in total. The maximum Gasteiger partial charge on any atom is 0.337 e. The van der Waals surface area contributed by atoms with Crippen molar-refractivity contribution in [2.45, 2.75) is 19.4 Å². The van der Waals surface area contributed by atoms with Gasteiger partial charge in [0.2, 0.25) is 5.91 Å². The van der Waals surface area contributed by atoms with Crippen molar-refractivity contribution in [2.24, 2.45) is 0 Å². The van der Waals surface area contributed by atoms with Gasteiger partial charge in [-0.2, -0.15) is 0 Å². The van der Waals surface area contributed by atoms with E-state index in [4.69, 9.17) is 5.11 Å². The normalized spacial score (nSPS) is 11.0. The van der Waals surface area contributed by atoms with Crippen LogP contribution in [0.2, 0.25) is 0 Å². The van der Waals surface area contributed by atoms with Crippen LogP contribution in [0, 0.1) is 0 Å². The summed E-state index contributed by atoms with van der Waals surface area (Å²) in [6, 6.07) is 6.40. The summed E-state index contributed by atoms with van der Waals surface area (Å²) in [5.41, 5.74) is 0.503. The lowest BCUT2D eigenvalue weighted by atomic mass is 10.1. The third kappa shape index (κ3) is 4.99. The lowest BCUT2D eigenvalue weighted by Crippen LogP contribution is -2.46. The summed E-state index contributed by atoms with van der Waals surface area (Å²) in [7, 11) is 1.31. The molecule has 1 rings (SSSR count). The molecular weight excluding hydrogens is 260 g/mol. The van der Waals surface area contributed by atoms with Crippen LogP contribution in [0.5, 0.6) is 0 Å². The minimum Gasteiger partial charge on any atom is -0.465 e. The van der Waals surface area contributed by atoms with Crippen molar-refractivity contribution in [3.8, 4) is 0 Å². The van der Waals surface area contributed by atoms with E-state index in [1.165, 1.54) is 7.11 Å². The molecule has 0 bridgehead atoms. The zero-order valence-electron chi connectivity index (χ0n) is 11.9. The molecule has 0 aliphatic carbocycles. The number of aliphatic hydroxyl groups excluding tert-OH is 1. The summed E-state index contributed by atoms with van der Waals surface area (Å²) in [5, 5.41) is 14.7. The number of esters is 1. The molecule has 0 aliphatic rings. The van der Waals surface area contributed by atoms with Gasteiger partial charge in [0, 0.05) is 11.2 Å². The van der Waals surface area contributed by atoms with Crippen LogP contribution in [0.4, 0.5) is 5.69 Å². The van der Waals surface area contributed by atoms with E-state index < -0.39 is 11.5 Å². The predicted molar refractivity (Wildman–Crippen MR) is 75.6 cm³/mol. The van der Waals surface area contributed by atoms with E-state index in [1.54, 1.807) is 38.1 Å². The van der Waals surface area contributed by atoms with Crippen LogP contribution in [0.3, 0.4) is 0 Å². The second kappa shape index (κ2) is 7.02. The molecule has 0 saturated carbocycles. The molecule has 0 aliphatic heterocycles. The number of rotatable bonds is 6. The van der Waals surface area contributed by atoms with E-state index >= 15 is 0 Å². The number of carbonyl (C=O) groups excluding carboxylic acids is 2. The summed E-state index contributed by atoms with van der Waals surface area (Å²) in [6.45, 7) is 3.62. The topological polar surface area (TPSA) is 87.7 Å². The third-order valence-electron chi connectivity index (χ3n) is 2.71. The lowest BCUT2D eigenvalue weighted by molar-refractivity contribution is -0.115. The number of aliphatic hydroxyl groups is 1. The van der Waals surface area contributed by atoms with Gasteiger partial charge in [-0.15, -0.1) is 0 Å². The SMILES string of the molecule is COC(=O)c1ccc(NC(=O)CNC(C)(C)CO)cc1. The number of methoxy groups -OCH3 is 1. The Hall–Kier alpha value is -1.92. The molecule has 110 valence electrons. The molecule has 0 aromatic heterocycles. The highest BCUT2D eigenvalue weighted by Gasteiger charge is 2.16. The molecule has 0 unspecified atom stereocenters. The Kier molecular flexibility index (Phi) is 5.66. The van der Waals surface area contributed by atoms with Crippen LogP contribution in [0.15, 0.2) is 24.3 Å². The molecule has 0 radical (unpaired) electrons. The smallest absolute Gasteiger partial charge is 0.337 e. The number of carbonyl (C=O) groups is 2. The second-order valence-electron chi connectivity index (χ2n) is 5.01. The Labute approximate surface area is 118 Å². The van der Waals surface area contributed by atoms with Crippen LogP contribution in [-0.4, -0.2) is 42.8 Å².